The van der Waals surface area contributed by atoms with E-state index < -0.39 is 0 Å². The normalized spacial score (nSPS) is 23.2. The van der Waals surface area contributed by atoms with Crippen LogP contribution in [0.5, 0.6) is 0 Å². The number of hydrogen-bond acceptors (Lipinski definition) is 2. The molecule has 1 aliphatic rings. The minimum absolute atomic E-state index is 0.786. The summed E-state index contributed by atoms with van der Waals surface area (Å²) in [7, 11) is 0. The van der Waals surface area contributed by atoms with Crippen molar-refractivity contribution in [2.75, 3.05) is 26.2 Å². The molecule has 2 nitrogen and oxygen atoms in total. The van der Waals surface area contributed by atoms with Gasteiger partial charge < -0.3 is 0 Å². The van der Waals surface area contributed by atoms with Gasteiger partial charge in [0.25, 0.3) is 0 Å². The molecular weight excluding hydrogens is 196 g/mol. The van der Waals surface area contributed by atoms with Gasteiger partial charge >= 0.3 is 0 Å². The number of nitrogens with zero attached hydrogens (tertiary/aromatic N) is 2. The highest BCUT2D eigenvalue weighted by Crippen LogP contribution is 2.14. The Morgan fingerprint density at radius 3 is 1.31 bits per heavy atom. The van der Waals surface area contributed by atoms with E-state index in [4.69, 9.17) is 0 Å². The highest BCUT2D eigenvalue weighted by atomic mass is 15.3. The Hall–Kier alpha value is -0.0800. The second kappa shape index (κ2) is 7.29. The van der Waals surface area contributed by atoms with Crippen molar-refractivity contribution >= 4 is 0 Å². The van der Waals surface area contributed by atoms with Gasteiger partial charge in [0.05, 0.1) is 0 Å². The van der Waals surface area contributed by atoms with Crippen molar-refractivity contribution in [2.45, 2.75) is 65.5 Å². The Morgan fingerprint density at radius 2 is 1.06 bits per heavy atom. The van der Waals surface area contributed by atoms with E-state index in [2.05, 4.69) is 37.5 Å². The van der Waals surface area contributed by atoms with Gasteiger partial charge in [-0.1, -0.05) is 26.7 Å². The van der Waals surface area contributed by atoms with Crippen LogP contribution in [0.25, 0.3) is 0 Å². The molecule has 0 aromatic carbocycles. The predicted octanol–water partition coefficient (Wildman–Crippen LogP) is 2.98. The highest BCUT2D eigenvalue weighted by Gasteiger charge is 2.22. The summed E-state index contributed by atoms with van der Waals surface area (Å²) in [5, 5.41) is 0. The molecule has 2 unspecified atom stereocenters. The summed E-state index contributed by atoms with van der Waals surface area (Å²) >= 11 is 0. The molecule has 2 heteroatoms. The number of hydrogen-bond donors (Lipinski definition) is 0. The first-order valence-electron chi connectivity index (χ1n) is 7.17. The lowest BCUT2D eigenvalue weighted by molar-refractivity contribution is 0.0730. The number of rotatable bonds is 6. The van der Waals surface area contributed by atoms with Gasteiger partial charge in [-0.2, -0.15) is 0 Å². The molecule has 0 spiro atoms. The average molecular weight is 226 g/mol. The van der Waals surface area contributed by atoms with Crippen molar-refractivity contribution in [3.8, 4) is 0 Å². The van der Waals surface area contributed by atoms with E-state index in [0.29, 0.717) is 0 Å². The minimum Gasteiger partial charge on any atom is -0.298 e. The molecular formula is C14H30N2. The smallest absolute Gasteiger partial charge is 0.0113 e. The summed E-state index contributed by atoms with van der Waals surface area (Å²) in [6, 6.07) is 1.57. The van der Waals surface area contributed by atoms with E-state index in [0.717, 1.165) is 12.1 Å². The second-order valence-corrected chi connectivity index (χ2v) is 5.35. The second-order valence-electron chi connectivity index (χ2n) is 5.35. The third kappa shape index (κ3) is 4.06. The van der Waals surface area contributed by atoms with E-state index >= 15 is 0 Å². The Balaban J connectivity index is 2.27. The molecule has 0 aliphatic carbocycles. The van der Waals surface area contributed by atoms with Gasteiger partial charge in [0.1, 0.15) is 0 Å². The standard InChI is InChI=1S/C14H30N2/c1-5-7-13(3)15-9-11-16(12-10-15)14(4)8-6-2/h13-14H,5-12H2,1-4H3. The van der Waals surface area contributed by atoms with Crippen molar-refractivity contribution < 1.29 is 0 Å². The first-order valence-corrected chi connectivity index (χ1v) is 7.17. The quantitative estimate of drug-likeness (QED) is 0.687. The fraction of sp³-hybridized carbons (Fsp3) is 1.00. The van der Waals surface area contributed by atoms with Gasteiger partial charge in [0.15, 0.2) is 0 Å². The van der Waals surface area contributed by atoms with Crippen molar-refractivity contribution in [3.05, 3.63) is 0 Å². The van der Waals surface area contributed by atoms with Crippen molar-refractivity contribution in [1.29, 1.82) is 0 Å². The first kappa shape index (κ1) is 14.0. The van der Waals surface area contributed by atoms with Crippen molar-refractivity contribution in [2.24, 2.45) is 0 Å². The Kier molecular flexibility index (Phi) is 6.37. The van der Waals surface area contributed by atoms with Crippen LogP contribution in [0.2, 0.25) is 0 Å². The SMILES string of the molecule is CCCC(C)N1CCN(C(C)CCC)CC1. The van der Waals surface area contributed by atoms with Gasteiger partial charge in [-0.05, 0) is 26.7 Å². The summed E-state index contributed by atoms with van der Waals surface area (Å²) < 4.78 is 0. The maximum Gasteiger partial charge on any atom is 0.0113 e. The molecule has 0 amide bonds. The van der Waals surface area contributed by atoms with Crippen molar-refractivity contribution in [1.82, 2.24) is 9.80 Å². The van der Waals surface area contributed by atoms with E-state index in [-0.39, 0.29) is 0 Å². The maximum absolute atomic E-state index is 2.67. The van der Waals surface area contributed by atoms with Crippen LogP contribution in [0.15, 0.2) is 0 Å². The highest BCUT2D eigenvalue weighted by molar-refractivity contribution is 4.78. The third-order valence-electron chi connectivity index (χ3n) is 4.01. The summed E-state index contributed by atoms with van der Waals surface area (Å²) in [5.41, 5.74) is 0. The van der Waals surface area contributed by atoms with Gasteiger partial charge in [-0.15, -0.1) is 0 Å². The van der Waals surface area contributed by atoms with E-state index in [1.54, 1.807) is 0 Å². The summed E-state index contributed by atoms with van der Waals surface area (Å²) in [6.45, 7) is 14.4. The topological polar surface area (TPSA) is 6.48 Å². The Bertz CT molecular complexity index is 154. The molecule has 2 atom stereocenters. The lowest BCUT2D eigenvalue weighted by Gasteiger charge is -2.40. The molecule has 1 fully saturated rings. The molecule has 0 saturated carbocycles. The van der Waals surface area contributed by atoms with Crippen LogP contribution in [0, 0.1) is 0 Å². The van der Waals surface area contributed by atoms with Crippen LogP contribution in [0.3, 0.4) is 0 Å². The summed E-state index contributed by atoms with van der Waals surface area (Å²) in [6.07, 6.45) is 5.33. The average Bonchev–Trinajstić information content (AvgIpc) is 2.30. The predicted molar refractivity (Wildman–Crippen MR) is 71.9 cm³/mol. The van der Waals surface area contributed by atoms with Crippen LogP contribution in [0.4, 0.5) is 0 Å². The molecule has 1 rings (SSSR count). The molecule has 0 aromatic rings. The zero-order valence-corrected chi connectivity index (χ0v) is 11.7. The molecule has 0 bridgehead atoms. The van der Waals surface area contributed by atoms with E-state index in [1.165, 1.54) is 51.9 Å². The van der Waals surface area contributed by atoms with Gasteiger partial charge in [0, 0.05) is 38.3 Å². The van der Waals surface area contributed by atoms with Crippen molar-refractivity contribution in [3.63, 3.8) is 0 Å². The minimum atomic E-state index is 0.786. The van der Waals surface area contributed by atoms with Crippen LogP contribution in [0.1, 0.15) is 53.4 Å². The summed E-state index contributed by atoms with van der Waals surface area (Å²) in [5.74, 6) is 0. The Morgan fingerprint density at radius 1 is 0.750 bits per heavy atom. The van der Waals surface area contributed by atoms with Crippen LogP contribution >= 0.6 is 0 Å². The molecule has 0 radical (unpaired) electrons. The molecule has 16 heavy (non-hydrogen) atoms. The van der Waals surface area contributed by atoms with Crippen LogP contribution in [-0.2, 0) is 0 Å². The van der Waals surface area contributed by atoms with Gasteiger partial charge in [-0.25, -0.2) is 0 Å². The fourth-order valence-electron chi connectivity index (χ4n) is 2.82. The van der Waals surface area contributed by atoms with E-state index in [1.807, 2.05) is 0 Å². The molecule has 0 N–H and O–H groups in total. The van der Waals surface area contributed by atoms with Crippen LogP contribution < -0.4 is 0 Å². The Labute approximate surface area is 102 Å². The zero-order chi connectivity index (χ0) is 12.0. The van der Waals surface area contributed by atoms with Gasteiger partial charge in [0.2, 0.25) is 0 Å². The monoisotopic (exact) mass is 226 g/mol. The van der Waals surface area contributed by atoms with Crippen LogP contribution in [-0.4, -0.2) is 48.1 Å². The molecule has 1 aliphatic heterocycles. The molecule has 1 saturated heterocycles. The number of piperazine rings is 1. The third-order valence-corrected chi connectivity index (χ3v) is 4.01. The zero-order valence-electron chi connectivity index (χ0n) is 11.7. The molecule has 0 aromatic heterocycles. The van der Waals surface area contributed by atoms with Gasteiger partial charge in [-0.3, -0.25) is 9.80 Å². The maximum atomic E-state index is 2.67. The molecule has 1 heterocycles. The fourth-order valence-corrected chi connectivity index (χ4v) is 2.82. The lowest BCUT2D eigenvalue weighted by Crippen LogP contribution is -2.51. The lowest BCUT2D eigenvalue weighted by atomic mass is 10.1. The first-order chi connectivity index (χ1) is 7.69. The summed E-state index contributed by atoms with van der Waals surface area (Å²) in [4.78, 5) is 5.33. The molecule has 96 valence electrons. The largest absolute Gasteiger partial charge is 0.298 e. The van der Waals surface area contributed by atoms with E-state index in [9.17, 15) is 0 Å².